The summed E-state index contributed by atoms with van der Waals surface area (Å²) in [5, 5.41) is 13.1. The standard InChI is InChI=1S/C24H42N2O6/c1-16(2)19(14-20(25)21(27)15-26-24(28)17(3)30-5)12-18-8-9-22(31-6)23(13-18)32-11-7-10-29-4/h8-9,13,16-17,19-21,27H,7,10-12,14-15,25H2,1-6H3,(H,26,28). The molecule has 32 heavy (non-hydrogen) atoms. The summed E-state index contributed by atoms with van der Waals surface area (Å²) in [5.74, 6) is 1.76. The van der Waals surface area contributed by atoms with E-state index in [9.17, 15) is 9.90 Å². The topological polar surface area (TPSA) is 112 Å². The monoisotopic (exact) mass is 454 g/mol. The molecule has 1 rings (SSSR count). The second kappa shape index (κ2) is 15.1. The summed E-state index contributed by atoms with van der Waals surface area (Å²) in [5.41, 5.74) is 7.41. The Morgan fingerprint density at radius 2 is 1.84 bits per heavy atom. The minimum Gasteiger partial charge on any atom is -0.493 e. The highest BCUT2D eigenvalue weighted by Gasteiger charge is 2.24. The second-order valence-electron chi connectivity index (χ2n) is 8.48. The number of ether oxygens (including phenoxy) is 4. The highest BCUT2D eigenvalue weighted by atomic mass is 16.5. The first-order valence-electron chi connectivity index (χ1n) is 11.3. The summed E-state index contributed by atoms with van der Waals surface area (Å²) < 4.78 is 21.4. The fraction of sp³-hybridized carbons (Fsp3) is 0.708. The number of methoxy groups -OCH3 is 3. The number of nitrogens with two attached hydrogens (primary N) is 1. The summed E-state index contributed by atoms with van der Waals surface area (Å²) >= 11 is 0. The molecule has 0 aliphatic heterocycles. The fourth-order valence-electron chi connectivity index (χ4n) is 3.35. The summed E-state index contributed by atoms with van der Waals surface area (Å²) in [6, 6.07) is 5.50. The summed E-state index contributed by atoms with van der Waals surface area (Å²) in [7, 11) is 4.76. The smallest absolute Gasteiger partial charge is 0.248 e. The van der Waals surface area contributed by atoms with Gasteiger partial charge in [0.05, 0.1) is 19.8 Å². The van der Waals surface area contributed by atoms with Crippen LogP contribution in [0.15, 0.2) is 18.2 Å². The molecule has 4 unspecified atom stereocenters. The van der Waals surface area contributed by atoms with Crippen molar-refractivity contribution in [3.63, 3.8) is 0 Å². The number of rotatable bonds is 16. The lowest BCUT2D eigenvalue weighted by Crippen LogP contribution is -2.46. The molecule has 1 aromatic carbocycles. The van der Waals surface area contributed by atoms with Crippen molar-refractivity contribution in [2.75, 3.05) is 41.1 Å². The highest BCUT2D eigenvalue weighted by Crippen LogP contribution is 2.31. The van der Waals surface area contributed by atoms with Crippen LogP contribution in [0, 0.1) is 11.8 Å². The van der Waals surface area contributed by atoms with Crippen molar-refractivity contribution in [3.8, 4) is 11.5 Å². The van der Waals surface area contributed by atoms with Gasteiger partial charge in [0.25, 0.3) is 0 Å². The molecule has 0 saturated heterocycles. The maximum atomic E-state index is 11.9. The molecule has 0 spiro atoms. The Kier molecular flexibility index (Phi) is 13.2. The van der Waals surface area contributed by atoms with Crippen LogP contribution in [0.1, 0.15) is 39.2 Å². The van der Waals surface area contributed by atoms with Gasteiger partial charge in [-0.15, -0.1) is 0 Å². The number of nitrogens with one attached hydrogen (secondary N) is 1. The molecule has 0 heterocycles. The van der Waals surface area contributed by atoms with Crippen molar-refractivity contribution in [2.24, 2.45) is 17.6 Å². The molecule has 1 amide bonds. The predicted molar refractivity (Wildman–Crippen MR) is 125 cm³/mol. The van der Waals surface area contributed by atoms with E-state index in [1.54, 1.807) is 21.1 Å². The molecule has 0 saturated carbocycles. The molecule has 184 valence electrons. The third kappa shape index (κ3) is 9.73. The predicted octanol–water partition coefficient (Wildman–Crippen LogP) is 2.15. The summed E-state index contributed by atoms with van der Waals surface area (Å²) in [6.07, 6.45) is 0.821. The number of hydrogen-bond acceptors (Lipinski definition) is 7. The third-order valence-corrected chi connectivity index (χ3v) is 5.70. The first-order valence-corrected chi connectivity index (χ1v) is 11.3. The summed E-state index contributed by atoms with van der Waals surface area (Å²) in [4.78, 5) is 11.9. The van der Waals surface area contributed by atoms with Crippen LogP contribution in [0.2, 0.25) is 0 Å². The van der Waals surface area contributed by atoms with Crippen molar-refractivity contribution >= 4 is 5.91 Å². The molecule has 8 heteroatoms. The first-order chi connectivity index (χ1) is 15.2. The van der Waals surface area contributed by atoms with Gasteiger partial charge in [0.1, 0.15) is 6.10 Å². The number of aliphatic hydroxyl groups is 1. The lowest BCUT2D eigenvalue weighted by atomic mass is 9.83. The SMILES string of the molecule is COCCCOc1cc(CC(CC(N)C(O)CNC(=O)C(C)OC)C(C)C)ccc1OC. The van der Waals surface area contributed by atoms with Crippen molar-refractivity contribution in [2.45, 2.75) is 58.3 Å². The average Bonchev–Trinajstić information content (AvgIpc) is 2.78. The van der Waals surface area contributed by atoms with E-state index in [1.807, 2.05) is 18.2 Å². The third-order valence-electron chi connectivity index (χ3n) is 5.70. The fourth-order valence-corrected chi connectivity index (χ4v) is 3.35. The van der Waals surface area contributed by atoms with E-state index < -0.39 is 18.2 Å². The quantitative estimate of drug-likeness (QED) is 0.328. The van der Waals surface area contributed by atoms with E-state index >= 15 is 0 Å². The minimum atomic E-state index is -0.834. The van der Waals surface area contributed by atoms with Gasteiger partial charge in [0.2, 0.25) is 5.91 Å². The molecule has 1 aromatic rings. The van der Waals surface area contributed by atoms with Gasteiger partial charge in [-0.3, -0.25) is 4.79 Å². The number of hydrogen-bond donors (Lipinski definition) is 3. The van der Waals surface area contributed by atoms with Gasteiger partial charge in [-0.25, -0.2) is 0 Å². The van der Waals surface area contributed by atoms with Crippen LogP contribution < -0.4 is 20.5 Å². The Morgan fingerprint density at radius 1 is 1.12 bits per heavy atom. The number of benzene rings is 1. The zero-order chi connectivity index (χ0) is 24.1. The molecule has 0 aliphatic rings. The Labute approximate surface area is 192 Å². The molecular formula is C24H42N2O6. The normalized spacial score (nSPS) is 15.2. The van der Waals surface area contributed by atoms with E-state index in [1.165, 1.54) is 7.11 Å². The maximum absolute atomic E-state index is 11.9. The van der Waals surface area contributed by atoms with Crippen molar-refractivity contribution < 1.29 is 28.8 Å². The van der Waals surface area contributed by atoms with E-state index in [2.05, 4.69) is 19.2 Å². The Morgan fingerprint density at radius 3 is 2.44 bits per heavy atom. The van der Waals surface area contributed by atoms with Crippen LogP contribution in [0.3, 0.4) is 0 Å². The van der Waals surface area contributed by atoms with Gasteiger partial charge in [0.15, 0.2) is 11.5 Å². The van der Waals surface area contributed by atoms with Gasteiger partial charge >= 0.3 is 0 Å². The molecule has 8 nitrogen and oxygen atoms in total. The molecule has 4 atom stereocenters. The first kappa shape index (κ1) is 28.2. The van der Waals surface area contributed by atoms with Gasteiger partial charge in [-0.1, -0.05) is 19.9 Å². The van der Waals surface area contributed by atoms with E-state index in [-0.39, 0.29) is 18.4 Å². The van der Waals surface area contributed by atoms with Crippen LogP contribution in [0.5, 0.6) is 11.5 Å². The van der Waals surface area contributed by atoms with Crippen molar-refractivity contribution in [3.05, 3.63) is 23.8 Å². The molecular weight excluding hydrogens is 412 g/mol. The van der Waals surface area contributed by atoms with Crippen molar-refractivity contribution in [1.29, 1.82) is 0 Å². The van der Waals surface area contributed by atoms with Gasteiger partial charge < -0.3 is 35.1 Å². The minimum absolute atomic E-state index is 0.0977. The number of carbonyl (C=O) groups is 1. The van der Waals surface area contributed by atoms with E-state index in [0.29, 0.717) is 37.1 Å². The molecule has 0 radical (unpaired) electrons. The Balaban J connectivity index is 2.74. The zero-order valence-corrected chi connectivity index (χ0v) is 20.4. The number of amides is 1. The molecule has 0 aliphatic carbocycles. The number of carbonyl (C=O) groups excluding carboxylic acids is 1. The van der Waals surface area contributed by atoms with Crippen LogP contribution in [-0.2, 0) is 20.7 Å². The Bertz CT molecular complexity index is 670. The average molecular weight is 455 g/mol. The maximum Gasteiger partial charge on any atom is 0.248 e. The Hall–Kier alpha value is -1.87. The summed E-state index contributed by atoms with van der Waals surface area (Å²) in [6.45, 7) is 7.24. The van der Waals surface area contributed by atoms with Crippen molar-refractivity contribution in [1.82, 2.24) is 5.32 Å². The lowest BCUT2D eigenvalue weighted by molar-refractivity contribution is -0.130. The van der Waals surface area contributed by atoms with E-state index in [4.69, 9.17) is 24.7 Å². The molecule has 0 bridgehead atoms. The second-order valence-corrected chi connectivity index (χ2v) is 8.48. The van der Waals surface area contributed by atoms with Gasteiger partial charge in [-0.05, 0) is 49.3 Å². The largest absolute Gasteiger partial charge is 0.493 e. The van der Waals surface area contributed by atoms with Crippen LogP contribution in [-0.4, -0.2) is 70.4 Å². The van der Waals surface area contributed by atoms with Gasteiger partial charge in [0, 0.05) is 39.8 Å². The lowest BCUT2D eigenvalue weighted by Gasteiger charge is -2.27. The van der Waals surface area contributed by atoms with Crippen LogP contribution >= 0.6 is 0 Å². The molecule has 4 N–H and O–H groups in total. The zero-order valence-electron chi connectivity index (χ0n) is 20.4. The highest BCUT2D eigenvalue weighted by molar-refractivity contribution is 5.80. The molecule has 0 fully saturated rings. The van der Waals surface area contributed by atoms with Crippen LogP contribution in [0.25, 0.3) is 0 Å². The van der Waals surface area contributed by atoms with E-state index in [0.717, 1.165) is 18.4 Å². The van der Waals surface area contributed by atoms with Gasteiger partial charge in [-0.2, -0.15) is 0 Å². The molecule has 0 aromatic heterocycles. The number of aliphatic hydroxyl groups excluding tert-OH is 1. The van der Waals surface area contributed by atoms with Crippen LogP contribution in [0.4, 0.5) is 0 Å².